The Balaban J connectivity index is 1.66. The number of halogens is 1. The molecule has 12 atom stereocenters. The van der Waals surface area contributed by atoms with E-state index >= 15 is 0 Å². The zero-order chi connectivity index (χ0) is 25.7. The van der Waals surface area contributed by atoms with Gasteiger partial charge in [0.05, 0.1) is 18.8 Å². The number of fused-ring (bicyclic) bond motifs is 5. The first-order chi connectivity index (χ1) is 16.4. The summed E-state index contributed by atoms with van der Waals surface area (Å²) in [6.07, 6.45) is 5.38. The summed E-state index contributed by atoms with van der Waals surface area (Å²) in [4.78, 5) is 24.3. The summed E-state index contributed by atoms with van der Waals surface area (Å²) in [6.45, 7) is 10.6. The maximum atomic E-state index is 12.3. The Bertz CT molecular complexity index is 804. The summed E-state index contributed by atoms with van der Waals surface area (Å²) in [5.74, 6) is 1.04. The van der Waals surface area contributed by atoms with Gasteiger partial charge in [0.15, 0.2) is 0 Å². The number of rotatable bonds is 6. The highest BCUT2D eigenvalue weighted by Gasteiger charge is 2.68. The Morgan fingerprint density at radius 1 is 1.09 bits per heavy atom. The van der Waals surface area contributed by atoms with Crippen molar-refractivity contribution in [2.24, 2.45) is 46.3 Å². The topological polar surface area (TPSA) is 93.1 Å². The van der Waals surface area contributed by atoms with Crippen LogP contribution in [0.25, 0.3) is 0 Å². The van der Waals surface area contributed by atoms with Crippen LogP contribution in [0, 0.1) is 46.3 Å². The number of esters is 2. The van der Waals surface area contributed by atoms with Crippen molar-refractivity contribution in [3.05, 3.63) is 0 Å². The maximum Gasteiger partial charge on any atom is 0.305 e. The van der Waals surface area contributed by atoms with Crippen LogP contribution < -0.4 is 0 Å². The van der Waals surface area contributed by atoms with E-state index in [1.165, 1.54) is 6.92 Å². The minimum absolute atomic E-state index is 0.00929. The van der Waals surface area contributed by atoms with Crippen LogP contribution in [0.4, 0.5) is 0 Å². The smallest absolute Gasteiger partial charge is 0.305 e. The van der Waals surface area contributed by atoms with E-state index in [1.54, 1.807) is 0 Å². The fraction of sp³-hybridized carbons (Fsp3) is 0.929. The van der Waals surface area contributed by atoms with Crippen molar-refractivity contribution in [2.45, 2.75) is 109 Å². The van der Waals surface area contributed by atoms with Crippen molar-refractivity contribution in [3.8, 4) is 0 Å². The van der Waals surface area contributed by atoms with Gasteiger partial charge in [-0.2, -0.15) is 0 Å². The highest BCUT2D eigenvalue weighted by Crippen LogP contribution is 2.69. The zero-order valence-electron chi connectivity index (χ0n) is 22.0. The van der Waals surface area contributed by atoms with E-state index < -0.39 is 6.10 Å². The third-order valence-corrected chi connectivity index (χ3v) is 12.1. The molecule has 4 aliphatic carbocycles. The Morgan fingerprint density at radius 3 is 2.46 bits per heavy atom. The van der Waals surface area contributed by atoms with E-state index in [9.17, 15) is 19.8 Å². The molecule has 0 amide bonds. The van der Waals surface area contributed by atoms with Gasteiger partial charge in [-0.3, -0.25) is 9.59 Å². The molecule has 0 aromatic rings. The van der Waals surface area contributed by atoms with Crippen molar-refractivity contribution >= 4 is 27.9 Å². The molecule has 6 nitrogen and oxygen atoms in total. The molecule has 200 valence electrons. The number of aliphatic hydroxyl groups excluding tert-OH is 2. The predicted molar refractivity (Wildman–Crippen MR) is 137 cm³/mol. The molecule has 4 aliphatic rings. The Morgan fingerprint density at radius 2 is 1.80 bits per heavy atom. The van der Waals surface area contributed by atoms with E-state index in [0.717, 1.165) is 38.5 Å². The Hall–Kier alpha value is -0.660. The minimum Gasteiger partial charge on any atom is -0.466 e. The summed E-state index contributed by atoms with van der Waals surface area (Å²) in [7, 11) is 0. The SMILES string of the molecule is CCOC(=O)CCC(C)C1CCC2C3C(O)C(Br)C4CC(O)CCC4(C)C3CC(OC(C)=O)C12C. The van der Waals surface area contributed by atoms with Gasteiger partial charge in [-0.1, -0.05) is 36.7 Å². The van der Waals surface area contributed by atoms with Gasteiger partial charge in [-0.05, 0) is 92.8 Å². The summed E-state index contributed by atoms with van der Waals surface area (Å²) < 4.78 is 11.3. The number of hydrogen-bond acceptors (Lipinski definition) is 6. The van der Waals surface area contributed by atoms with Gasteiger partial charge >= 0.3 is 11.9 Å². The van der Waals surface area contributed by atoms with Gasteiger partial charge in [0, 0.05) is 23.6 Å². The molecule has 0 radical (unpaired) electrons. The standard InChI is InChI=1S/C28H45BrO6/c1-6-34-23(32)10-7-15(2)18-8-9-19-24-20(14-22(28(18,19)5)35-16(3)30)27(4)12-11-17(31)13-21(27)25(29)26(24)33/h15,17-22,24-26,31,33H,6-14H2,1-5H3. The molecule has 4 saturated carbocycles. The number of carbonyl (C=O) groups is 2. The molecule has 35 heavy (non-hydrogen) atoms. The van der Waals surface area contributed by atoms with Crippen molar-refractivity contribution in [3.63, 3.8) is 0 Å². The van der Waals surface area contributed by atoms with Crippen LogP contribution in [-0.4, -0.2) is 51.9 Å². The molecule has 0 bridgehead atoms. The van der Waals surface area contributed by atoms with Crippen molar-refractivity contribution < 1.29 is 29.3 Å². The van der Waals surface area contributed by atoms with Gasteiger partial charge in [-0.25, -0.2) is 0 Å². The average Bonchev–Trinajstić information content (AvgIpc) is 3.15. The van der Waals surface area contributed by atoms with E-state index in [-0.39, 0.29) is 69.4 Å². The molecule has 7 heteroatoms. The van der Waals surface area contributed by atoms with E-state index in [1.807, 2.05) is 6.92 Å². The normalized spacial score (nSPS) is 47.7. The second-order valence-electron chi connectivity index (χ2n) is 12.5. The molecular formula is C28H45BrO6. The second-order valence-corrected chi connectivity index (χ2v) is 13.5. The third-order valence-electron chi connectivity index (χ3n) is 10.9. The lowest BCUT2D eigenvalue weighted by Gasteiger charge is -2.65. The number of hydrogen-bond donors (Lipinski definition) is 2. The lowest BCUT2D eigenvalue weighted by molar-refractivity contribution is -0.214. The molecule has 0 aromatic carbocycles. The first kappa shape index (κ1) is 27.4. The quantitative estimate of drug-likeness (QED) is 0.358. The number of ether oxygens (including phenoxy) is 2. The summed E-state index contributed by atoms with van der Waals surface area (Å²) in [5, 5.41) is 22.1. The van der Waals surface area contributed by atoms with Crippen molar-refractivity contribution in [2.75, 3.05) is 6.61 Å². The van der Waals surface area contributed by atoms with Gasteiger partial charge in [0.25, 0.3) is 0 Å². The fourth-order valence-corrected chi connectivity index (χ4v) is 10.4. The first-order valence-electron chi connectivity index (χ1n) is 13.8. The molecule has 4 rings (SSSR count). The predicted octanol–water partition coefficient (Wildman–Crippen LogP) is 4.87. The van der Waals surface area contributed by atoms with E-state index in [0.29, 0.717) is 25.4 Å². The van der Waals surface area contributed by atoms with Crippen LogP contribution in [0.5, 0.6) is 0 Å². The zero-order valence-corrected chi connectivity index (χ0v) is 23.6. The highest BCUT2D eigenvalue weighted by molar-refractivity contribution is 9.09. The molecule has 0 spiro atoms. The number of alkyl halides is 1. The molecule has 2 N–H and O–H groups in total. The van der Waals surface area contributed by atoms with Crippen LogP contribution in [0.15, 0.2) is 0 Å². The van der Waals surface area contributed by atoms with Gasteiger partial charge in [0.2, 0.25) is 0 Å². The molecule has 0 heterocycles. The van der Waals surface area contributed by atoms with Crippen LogP contribution in [-0.2, 0) is 19.1 Å². The third kappa shape index (κ3) is 4.60. The Kier molecular flexibility index (Phi) is 8.01. The van der Waals surface area contributed by atoms with Crippen LogP contribution in [0.1, 0.15) is 86.0 Å². The monoisotopic (exact) mass is 556 g/mol. The highest BCUT2D eigenvalue weighted by atomic mass is 79.9. The summed E-state index contributed by atoms with van der Waals surface area (Å²) >= 11 is 3.89. The second kappa shape index (κ2) is 10.2. The van der Waals surface area contributed by atoms with Crippen molar-refractivity contribution in [1.82, 2.24) is 0 Å². The largest absolute Gasteiger partial charge is 0.466 e. The first-order valence-corrected chi connectivity index (χ1v) is 14.7. The molecular weight excluding hydrogens is 512 g/mol. The lowest BCUT2D eigenvalue weighted by Crippen LogP contribution is -2.66. The Labute approximate surface area is 219 Å². The van der Waals surface area contributed by atoms with Crippen LogP contribution >= 0.6 is 15.9 Å². The molecule has 0 aromatic heterocycles. The molecule has 12 unspecified atom stereocenters. The molecule has 4 fully saturated rings. The van der Waals surface area contributed by atoms with E-state index in [2.05, 4.69) is 36.7 Å². The average molecular weight is 558 g/mol. The maximum absolute atomic E-state index is 12.3. The number of aliphatic hydroxyl groups is 2. The van der Waals surface area contributed by atoms with Gasteiger partial charge in [-0.15, -0.1) is 0 Å². The molecule has 0 aliphatic heterocycles. The minimum atomic E-state index is -0.487. The molecule has 0 saturated heterocycles. The van der Waals surface area contributed by atoms with Gasteiger partial charge in [0.1, 0.15) is 6.10 Å². The van der Waals surface area contributed by atoms with Crippen LogP contribution in [0.2, 0.25) is 0 Å². The summed E-state index contributed by atoms with van der Waals surface area (Å²) in [6, 6.07) is 0. The summed E-state index contributed by atoms with van der Waals surface area (Å²) in [5.41, 5.74) is -0.253. The number of carbonyl (C=O) groups excluding carboxylic acids is 2. The van der Waals surface area contributed by atoms with Gasteiger partial charge < -0.3 is 19.7 Å². The van der Waals surface area contributed by atoms with E-state index in [4.69, 9.17) is 9.47 Å². The fourth-order valence-electron chi connectivity index (χ4n) is 9.25. The van der Waals surface area contributed by atoms with Crippen molar-refractivity contribution in [1.29, 1.82) is 0 Å². The van der Waals surface area contributed by atoms with Crippen LogP contribution in [0.3, 0.4) is 0 Å². The lowest BCUT2D eigenvalue weighted by atomic mass is 9.43.